The maximum atomic E-state index is 9.37. The number of phenolic OH excluding ortho intramolecular Hbond substituents is 5. The molecule has 0 bridgehead atoms. The highest BCUT2D eigenvalue weighted by atomic mass is 16.3. The number of aryl methyl sites for hydroxylation is 4. The molecule has 17 aromatic rings. The molecule has 0 spiro atoms. The Kier molecular flexibility index (Phi) is 54.2. The number of benzene rings is 17. The zero-order chi connectivity index (χ0) is 85.7. The summed E-state index contributed by atoms with van der Waals surface area (Å²) in [7, 11) is 0. The first-order valence-corrected chi connectivity index (χ1v) is 42.3. The van der Waals surface area contributed by atoms with E-state index < -0.39 is 0 Å². The van der Waals surface area contributed by atoms with Crippen LogP contribution in [0.1, 0.15) is 175 Å². The summed E-state index contributed by atoms with van der Waals surface area (Å²) in [5.74, 6) is 0.842. The van der Waals surface area contributed by atoms with E-state index in [4.69, 9.17) is 20.4 Å². The van der Waals surface area contributed by atoms with Crippen LogP contribution in [-0.2, 0) is 25.7 Å². The topological polar surface area (TPSA) is 101 Å². The Morgan fingerprint density at radius 1 is 0.157 bits per heavy atom. The Hall–Kier alpha value is -11.9. The van der Waals surface area contributed by atoms with Gasteiger partial charge < -0.3 is 25.5 Å². The Morgan fingerprint density at radius 2 is 0.391 bits per heavy atom. The van der Waals surface area contributed by atoms with Gasteiger partial charge in [-0.1, -0.05) is 437 Å². The van der Waals surface area contributed by atoms with Gasteiger partial charge in [-0.05, 0) is 200 Å². The van der Waals surface area contributed by atoms with Gasteiger partial charge >= 0.3 is 0 Å². The second kappa shape index (κ2) is 61.6. The van der Waals surface area contributed by atoms with Gasteiger partial charge in [0.25, 0.3) is 0 Å². The predicted molar refractivity (Wildman–Crippen MR) is 517 cm³/mol. The number of phenols is 5. The summed E-state index contributed by atoms with van der Waals surface area (Å²) in [6, 6.07) is 115. The van der Waals surface area contributed by atoms with Crippen molar-refractivity contribution < 1.29 is 25.5 Å². The van der Waals surface area contributed by atoms with Crippen LogP contribution in [0.4, 0.5) is 0 Å². The fraction of sp³-hybridized carbons (Fsp3) is 0.236. The van der Waals surface area contributed by atoms with E-state index in [1.165, 1.54) is 110 Å². The summed E-state index contributed by atoms with van der Waals surface area (Å²) in [6.07, 6.45) is 4.37. The first-order chi connectivity index (χ1) is 56.5. The Morgan fingerprint density at radius 3 is 0.678 bits per heavy atom. The predicted octanol–water partition coefficient (Wildman–Crippen LogP) is 33.9. The van der Waals surface area contributed by atoms with Gasteiger partial charge in [0.15, 0.2) is 11.5 Å². The van der Waals surface area contributed by atoms with E-state index in [0.29, 0.717) is 17.2 Å². The van der Waals surface area contributed by atoms with E-state index in [-0.39, 0.29) is 11.5 Å². The van der Waals surface area contributed by atoms with Crippen LogP contribution < -0.4 is 0 Å². The lowest BCUT2D eigenvalue weighted by molar-refractivity contribution is 0.404. The van der Waals surface area contributed by atoms with E-state index >= 15 is 0 Å². The van der Waals surface area contributed by atoms with Crippen LogP contribution in [0.5, 0.6) is 28.7 Å². The Balaban J connectivity index is 0.000000645. The highest BCUT2D eigenvalue weighted by Crippen LogP contribution is 2.32. The lowest BCUT2D eigenvalue weighted by Crippen LogP contribution is -1.86. The third-order valence-electron chi connectivity index (χ3n) is 17.1. The molecule has 5 heteroatoms. The molecule has 0 amide bonds. The van der Waals surface area contributed by atoms with Crippen LogP contribution in [0, 0.1) is 0 Å². The smallest absolute Gasteiger partial charge is 0.157 e. The minimum atomic E-state index is -0.0764. The number of hydrogen-bond acceptors (Lipinski definition) is 5. The molecule has 0 aromatic heterocycles. The highest BCUT2D eigenvalue weighted by molar-refractivity contribution is 6.04. The molecule has 17 aromatic carbocycles. The molecule has 0 atom stereocenters. The Bertz CT molecular complexity index is 4890. The van der Waals surface area contributed by atoms with Crippen molar-refractivity contribution in [2.75, 3.05) is 0 Å². The molecule has 0 aliphatic carbocycles. The summed E-state index contributed by atoms with van der Waals surface area (Å²) in [4.78, 5) is 0. The molecule has 115 heavy (non-hydrogen) atoms. The molecule has 0 saturated carbocycles. The third kappa shape index (κ3) is 31.9. The number of fused-ring (bicyclic) bond motifs is 9. The van der Waals surface area contributed by atoms with Crippen molar-refractivity contribution in [1.82, 2.24) is 0 Å². The molecule has 5 nitrogen and oxygen atoms in total. The monoisotopic (exact) mass is 1540 g/mol. The molecule has 0 unspecified atom stereocenters. The van der Waals surface area contributed by atoms with Crippen molar-refractivity contribution in [3.8, 4) is 28.7 Å². The van der Waals surface area contributed by atoms with Crippen LogP contribution in [0.15, 0.2) is 346 Å². The molecule has 0 fully saturated rings. The third-order valence-corrected chi connectivity index (χ3v) is 17.1. The summed E-state index contributed by atoms with van der Waals surface area (Å²) in [6.45, 7) is 44.9. The van der Waals surface area contributed by atoms with Crippen molar-refractivity contribution in [3.63, 3.8) is 0 Å². The lowest BCUT2D eigenvalue weighted by Gasteiger charge is -2.09. The van der Waals surface area contributed by atoms with Crippen LogP contribution in [0.25, 0.3) is 97.0 Å². The zero-order valence-corrected chi connectivity index (χ0v) is 73.5. The summed E-state index contributed by atoms with van der Waals surface area (Å²) in [5, 5.41) is 67.9. The van der Waals surface area contributed by atoms with Crippen LogP contribution >= 0.6 is 0 Å². The van der Waals surface area contributed by atoms with Crippen molar-refractivity contribution >= 4 is 97.0 Å². The number of hydrogen-bond donors (Lipinski definition) is 5. The number of para-hydroxylation sites is 3. The first-order valence-electron chi connectivity index (χ1n) is 42.3. The standard InChI is InChI=1S/3C16H14.C12H12.2C10H8O.C6H6O2.C6H6O.9C2H6/c3*1-2-14-15-9-5-3-7-12(15)11-13-8-4-6-10-16(13)14;1-2-10-7-5-8-11-6-3-4-9-12(10)11;11-10-7-3-5-8-4-1-2-6-9(8)10;11-10-6-5-8-3-1-2-4-9(8)7-10;7-5-3-1-2-4-6(5)8;7-6-4-2-1-3-5-6;9*1-2/h3*3-11H,2H2,1H3;3-9H,2H2,1H3;2*1-7,11H;1-4,7-8H;1-5,7H;9*1-2H3. The Labute approximate surface area is 693 Å². The quantitative estimate of drug-likeness (QED) is 0.0893. The average Bonchev–Trinajstić information content (AvgIpc) is 0.790. The molecule has 17 rings (SSSR count). The van der Waals surface area contributed by atoms with E-state index in [1.54, 1.807) is 54.6 Å². The largest absolute Gasteiger partial charge is 0.508 e. The fourth-order valence-electron chi connectivity index (χ4n) is 12.3. The second-order valence-electron chi connectivity index (χ2n) is 23.3. The molecule has 0 heterocycles. The van der Waals surface area contributed by atoms with Crippen molar-refractivity contribution in [2.24, 2.45) is 0 Å². The molecule has 5 N–H and O–H groups in total. The number of rotatable bonds is 4. The van der Waals surface area contributed by atoms with Gasteiger partial charge in [0.2, 0.25) is 0 Å². The molecular formula is C110H136O5. The summed E-state index contributed by atoms with van der Waals surface area (Å²) in [5.41, 5.74) is 5.84. The molecule has 0 radical (unpaired) electrons. The van der Waals surface area contributed by atoms with Gasteiger partial charge in [0, 0.05) is 5.39 Å². The van der Waals surface area contributed by atoms with E-state index in [9.17, 15) is 5.11 Å². The SMILES string of the molecule is CC.CC.CC.CC.CC.CC.CC.CC.CC.CCc1c2ccccc2cc2ccccc12.CCc1c2ccccc2cc2ccccc12.CCc1c2ccccc2cc2ccccc12.CCc1cccc2ccccc12.Oc1ccc2ccccc2c1.Oc1cccc2ccccc12.Oc1ccccc1.Oc1ccccc1O. The van der Waals surface area contributed by atoms with Crippen LogP contribution in [-0.4, -0.2) is 25.5 Å². The highest BCUT2D eigenvalue weighted by Gasteiger charge is 2.08. The lowest BCUT2D eigenvalue weighted by atomic mass is 9.95. The van der Waals surface area contributed by atoms with Gasteiger partial charge in [0.05, 0.1) is 0 Å². The van der Waals surface area contributed by atoms with E-state index in [1.807, 2.05) is 197 Å². The van der Waals surface area contributed by atoms with E-state index in [0.717, 1.165) is 47.2 Å². The van der Waals surface area contributed by atoms with E-state index in [2.05, 4.69) is 234 Å². The van der Waals surface area contributed by atoms with Crippen molar-refractivity contribution in [1.29, 1.82) is 0 Å². The van der Waals surface area contributed by atoms with Crippen LogP contribution in [0.2, 0.25) is 0 Å². The van der Waals surface area contributed by atoms with Crippen LogP contribution in [0.3, 0.4) is 0 Å². The first kappa shape index (κ1) is 101. The minimum Gasteiger partial charge on any atom is -0.508 e. The fourth-order valence-corrected chi connectivity index (χ4v) is 12.3. The van der Waals surface area contributed by atoms with Gasteiger partial charge in [-0.25, -0.2) is 0 Å². The maximum Gasteiger partial charge on any atom is 0.157 e. The molecule has 0 saturated heterocycles. The normalized spacial score (nSPS) is 9.27. The van der Waals surface area contributed by atoms with Gasteiger partial charge in [-0.15, -0.1) is 0 Å². The maximum absolute atomic E-state index is 9.37. The minimum absolute atomic E-state index is 0.0764. The molecule has 0 aliphatic heterocycles. The zero-order valence-electron chi connectivity index (χ0n) is 73.5. The molecule has 606 valence electrons. The van der Waals surface area contributed by atoms with Gasteiger partial charge in [-0.3, -0.25) is 0 Å². The van der Waals surface area contributed by atoms with Gasteiger partial charge in [0.1, 0.15) is 17.2 Å². The van der Waals surface area contributed by atoms with Crippen molar-refractivity contribution in [2.45, 2.75) is 178 Å². The number of aromatic hydroxyl groups is 5. The molecule has 0 aliphatic rings. The van der Waals surface area contributed by atoms with Gasteiger partial charge in [-0.2, -0.15) is 0 Å². The average molecular weight is 1540 g/mol. The van der Waals surface area contributed by atoms with Crippen molar-refractivity contribution in [3.05, 3.63) is 368 Å². The second-order valence-corrected chi connectivity index (χ2v) is 23.3. The molecular weight excluding hydrogens is 1400 g/mol. The summed E-state index contributed by atoms with van der Waals surface area (Å²) < 4.78 is 0. The summed E-state index contributed by atoms with van der Waals surface area (Å²) >= 11 is 0.